The summed E-state index contributed by atoms with van der Waals surface area (Å²) in [6, 6.07) is 65.6. The smallest absolute Gasteiger partial charge is 0.269 e. The Morgan fingerprint density at radius 1 is 0.438 bits per heavy atom. The molecule has 5 heteroatoms. The minimum absolute atomic E-state index is 0.0140. The second-order valence-corrected chi connectivity index (χ2v) is 24.1. The van der Waals surface area contributed by atoms with Gasteiger partial charge >= 0.3 is 0 Å². The average Bonchev–Trinajstić information content (AvgIpc) is 3.95. The maximum Gasteiger partial charge on any atom is 0.269 e. The van der Waals surface area contributed by atoms with Crippen LogP contribution in [0.25, 0.3) is 50.1 Å². The molecule has 3 aromatic heterocycles. The van der Waals surface area contributed by atoms with Gasteiger partial charge in [-0.2, -0.15) is 0 Å². The molecule has 5 nitrogen and oxygen atoms in total. The van der Waals surface area contributed by atoms with Crippen LogP contribution in [0.4, 0.5) is 0 Å². The van der Waals surface area contributed by atoms with Crippen LogP contribution in [-0.4, -0.2) is 14.1 Å². The Balaban J connectivity index is 1.10. The molecular formula is C68H70N4O. The van der Waals surface area contributed by atoms with Crippen LogP contribution < -0.4 is 9.30 Å². The minimum Gasteiger partial charge on any atom is -0.458 e. The van der Waals surface area contributed by atoms with Crippen molar-refractivity contribution in [3.8, 4) is 39.8 Å². The molecule has 3 heterocycles. The highest BCUT2D eigenvalue weighted by atomic mass is 16.5. The van der Waals surface area contributed by atoms with Crippen molar-refractivity contribution in [3.05, 3.63) is 234 Å². The van der Waals surface area contributed by atoms with E-state index in [4.69, 9.17) is 9.72 Å². The van der Waals surface area contributed by atoms with E-state index in [1.165, 1.54) is 55.7 Å². The standard InChI is InChI=1S/C68H70N4O/c1-64(2,3)50-32-35-59-58(41-50)57-34-33-56(44-60(57)72(59)61-42-51(36-37-69-61)67(10,11)48-26-19-15-20-27-48)73-55-31-23-30-53(43-55)70-45-71(63(66(7,8)9)62(70)65(4,5)6)54-39-47(46-24-17-14-18-25-46)38-52(40-54)68(12,13)49-28-21-16-22-29-49/h14-44H,1-13H3. The number of hydrogen-bond acceptors (Lipinski definition) is 2. The summed E-state index contributed by atoms with van der Waals surface area (Å²) >= 11 is 0. The Morgan fingerprint density at radius 2 is 1.07 bits per heavy atom. The molecule has 10 aromatic rings. The molecule has 0 fully saturated rings. The van der Waals surface area contributed by atoms with Gasteiger partial charge in [0, 0.05) is 33.9 Å². The number of hydrogen-bond donors (Lipinski definition) is 0. The normalized spacial score (nSPS) is 12.7. The van der Waals surface area contributed by atoms with E-state index in [1.54, 1.807) is 0 Å². The van der Waals surface area contributed by atoms with E-state index in [1.807, 2.05) is 6.20 Å². The van der Waals surface area contributed by atoms with Gasteiger partial charge in [0.25, 0.3) is 6.33 Å². The molecule has 0 amide bonds. The van der Waals surface area contributed by atoms with Gasteiger partial charge in [0.15, 0.2) is 0 Å². The summed E-state index contributed by atoms with van der Waals surface area (Å²) in [6.45, 7) is 29.9. The maximum absolute atomic E-state index is 6.96. The van der Waals surface area contributed by atoms with Crippen LogP contribution in [0.1, 0.15) is 129 Å². The van der Waals surface area contributed by atoms with Gasteiger partial charge in [-0.3, -0.25) is 13.7 Å². The molecule has 73 heavy (non-hydrogen) atoms. The van der Waals surface area contributed by atoms with E-state index >= 15 is 0 Å². The first-order valence-corrected chi connectivity index (χ1v) is 25.9. The molecule has 0 saturated carbocycles. The van der Waals surface area contributed by atoms with Crippen LogP contribution in [0.5, 0.6) is 11.5 Å². The second kappa shape index (κ2) is 18.2. The number of ether oxygens (including phenoxy) is 1. The van der Waals surface area contributed by atoms with Crippen molar-refractivity contribution in [2.45, 2.75) is 117 Å². The molecule has 0 bridgehead atoms. The Kier molecular flexibility index (Phi) is 12.2. The van der Waals surface area contributed by atoms with E-state index in [-0.39, 0.29) is 27.1 Å². The van der Waals surface area contributed by atoms with E-state index in [0.29, 0.717) is 0 Å². The Morgan fingerprint density at radius 3 is 1.70 bits per heavy atom. The molecule has 0 unspecified atom stereocenters. The second-order valence-electron chi connectivity index (χ2n) is 24.1. The number of aromatic nitrogens is 4. The third kappa shape index (κ3) is 9.31. The van der Waals surface area contributed by atoms with Gasteiger partial charge in [0.1, 0.15) is 17.3 Å². The van der Waals surface area contributed by atoms with Crippen molar-refractivity contribution in [2.24, 2.45) is 0 Å². The molecule has 0 spiro atoms. The molecule has 0 N–H and O–H groups in total. The molecule has 10 rings (SSSR count). The summed E-state index contributed by atoms with van der Waals surface area (Å²) in [5.74, 6) is 2.35. The number of nitrogens with zero attached hydrogens (tertiary/aromatic N) is 4. The van der Waals surface area contributed by atoms with Gasteiger partial charge in [-0.15, -0.1) is 0 Å². The summed E-state index contributed by atoms with van der Waals surface area (Å²) in [6.07, 6.45) is 5.91. The molecule has 7 aromatic carbocycles. The summed E-state index contributed by atoms with van der Waals surface area (Å²) in [7, 11) is 0. The monoisotopic (exact) mass is 959 g/mol. The number of fused-ring (bicyclic) bond motifs is 3. The molecule has 0 atom stereocenters. The SMILES string of the molecule is CC(C)(C)c1ccc2c(c1)c1ccc(Oc3cccc(-n4[c-][n+](-c5cc(-c6ccccc6)cc(C(C)(C)c6ccccc6)c5)c(C(C)(C)C)c4C(C)(C)C)c3)cc1n2-c1cc(C(C)(C)c2ccccc2)ccn1. The van der Waals surface area contributed by atoms with Crippen LogP contribution in [-0.2, 0) is 27.1 Å². The summed E-state index contributed by atoms with van der Waals surface area (Å²) in [5, 5.41) is 2.34. The van der Waals surface area contributed by atoms with Crippen molar-refractivity contribution < 1.29 is 9.30 Å². The quantitative estimate of drug-likeness (QED) is 0.101. The zero-order chi connectivity index (χ0) is 51.7. The zero-order valence-corrected chi connectivity index (χ0v) is 45.1. The van der Waals surface area contributed by atoms with Crippen LogP contribution in [0, 0.1) is 6.33 Å². The third-order valence-corrected chi connectivity index (χ3v) is 14.9. The van der Waals surface area contributed by atoms with E-state index in [9.17, 15) is 0 Å². The Labute approximate surface area is 433 Å². The maximum atomic E-state index is 6.96. The number of benzene rings is 7. The zero-order valence-electron chi connectivity index (χ0n) is 45.1. The first-order chi connectivity index (χ1) is 34.6. The topological polar surface area (TPSA) is 35.9 Å². The number of imidazole rings is 1. The van der Waals surface area contributed by atoms with Crippen molar-refractivity contribution in [3.63, 3.8) is 0 Å². The van der Waals surface area contributed by atoms with Crippen molar-refractivity contribution in [1.29, 1.82) is 0 Å². The highest BCUT2D eigenvalue weighted by Gasteiger charge is 2.35. The summed E-state index contributed by atoms with van der Waals surface area (Å²) in [5.41, 5.74) is 14.2. The van der Waals surface area contributed by atoms with Gasteiger partial charge in [-0.1, -0.05) is 199 Å². The van der Waals surface area contributed by atoms with Crippen molar-refractivity contribution in [2.75, 3.05) is 0 Å². The number of rotatable bonds is 10. The Hall–Kier alpha value is -7.50. The van der Waals surface area contributed by atoms with Gasteiger partial charge in [-0.25, -0.2) is 4.98 Å². The highest BCUT2D eigenvalue weighted by Crippen LogP contribution is 2.41. The van der Waals surface area contributed by atoms with Crippen LogP contribution in [0.15, 0.2) is 188 Å². The average molecular weight is 959 g/mol. The molecule has 368 valence electrons. The molecular weight excluding hydrogens is 889 g/mol. The molecule has 0 aliphatic rings. The lowest BCUT2D eigenvalue weighted by Gasteiger charge is -2.31. The minimum atomic E-state index is -0.267. The lowest BCUT2D eigenvalue weighted by molar-refractivity contribution is -0.611. The highest BCUT2D eigenvalue weighted by molar-refractivity contribution is 6.09. The van der Waals surface area contributed by atoms with Crippen LogP contribution in [0.2, 0.25) is 0 Å². The largest absolute Gasteiger partial charge is 0.458 e. The summed E-state index contributed by atoms with van der Waals surface area (Å²) < 4.78 is 13.9. The molecule has 0 saturated heterocycles. The fourth-order valence-electron chi connectivity index (χ4n) is 10.6. The van der Waals surface area contributed by atoms with Gasteiger partial charge < -0.3 is 4.74 Å². The predicted octanol–water partition coefficient (Wildman–Crippen LogP) is 17.0. The van der Waals surface area contributed by atoms with E-state index < -0.39 is 0 Å². The molecule has 0 aliphatic carbocycles. The first kappa shape index (κ1) is 49.1. The lowest BCUT2D eigenvalue weighted by Crippen LogP contribution is -2.41. The fraction of sp³-hybridized carbons (Fsp3) is 0.265. The molecule has 0 aliphatic heterocycles. The lowest BCUT2D eigenvalue weighted by atomic mass is 9.77. The van der Waals surface area contributed by atoms with Crippen molar-refractivity contribution in [1.82, 2.24) is 14.1 Å². The fourth-order valence-corrected chi connectivity index (χ4v) is 10.6. The van der Waals surface area contributed by atoms with E-state index in [2.05, 4.69) is 292 Å². The third-order valence-electron chi connectivity index (χ3n) is 14.9. The molecule has 0 radical (unpaired) electrons. The number of pyridine rings is 1. The van der Waals surface area contributed by atoms with Crippen molar-refractivity contribution >= 4 is 21.8 Å². The van der Waals surface area contributed by atoms with Crippen LogP contribution >= 0.6 is 0 Å². The van der Waals surface area contributed by atoms with Gasteiger partial charge in [-0.05, 0) is 122 Å². The van der Waals surface area contributed by atoms with Gasteiger partial charge in [0.2, 0.25) is 0 Å². The summed E-state index contributed by atoms with van der Waals surface area (Å²) in [4.78, 5) is 5.06. The van der Waals surface area contributed by atoms with Crippen LogP contribution in [0.3, 0.4) is 0 Å². The predicted molar refractivity (Wildman–Crippen MR) is 303 cm³/mol. The Bertz CT molecular complexity index is 3630. The van der Waals surface area contributed by atoms with Gasteiger partial charge in [0.05, 0.1) is 33.8 Å². The van der Waals surface area contributed by atoms with E-state index in [0.717, 1.165) is 45.1 Å². The first-order valence-electron chi connectivity index (χ1n) is 25.9.